The van der Waals surface area contributed by atoms with Crippen LogP contribution in [0.4, 0.5) is 0 Å². The van der Waals surface area contributed by atoms with Crippen LogP contribution in [-0.2, 0) is 12.8 Å². The van der Waals surface area contributed by atoms with E-state index in [1.807, 2.05) is 12.1 Å². The van der Waals surface area contributed by atoms with Gasteiger partial charge in [-0.3, -0.25) is 0 Å². The molecule has 0 radical (unpaired) electrons. The number of aromatic hydroxyl groups is 1. The van der Waals surface area contributed by atoms with Gasteiger partial charge in [0.25, 0.3) is 0 Å². The predicted molar refractivity (Wildman–Crippen MR) is 73.9 cm³/mol. The summed E-state index contributed by atoms with van der Waals surface area (Å²) < 4.78 is 0. The van der Waals surface area contributed by atoms with E-state index < -0.39 is 0 Å². The third kappa shape index (κ3) is 2.13. The van der Waals surface area contributed by atoms with Crippen LogP contribution < -0.4 is 0 Å². The third-order valence-corrected chi connectivity index (χ3v) is 3.96. The molecule has 1 atom stereocenters. The fourth-order valence-corrected chi connectivity index (χ4v) is 3.01. The second-order valence-corrected chi connectivity index (χ2v) is 5.12. The molecule has 0 aliphatic heterocycles. The molecule has 1 nitrogen and oxygen atoms in total. The van der Waals surface area contributed by atoms with Gasteiger partial charge in [0.1, 0.15) is 5.75 Å². The molecule has 0 saturated carbocycles. The van der Waals surface area contributed by atoms with Crippen molar-refractivity contribution in [3.63, 3.8) is 0 Å². The molecule has 1 unspecified atom stereocenters. The highest BCUT2D eigenvalue weighted by Crippen LogP contribution is 2.35. The van der Waals surface area contributed by atoms with Gasteiger partial charge in [-0.05, 0) is 54.4 Å². The Morgan fingerprint density at radius 2 is 1.61 bits per heavy atom. The van der Waals surface area contributed by atoms with Crippen molar-refractivity contribution in [2.45, 2.75) is 31.6 Å². The Morgan fingerprint density at radius 1 is 0.889 bits per heavy atom. The number of aryl methyl sites for hydroxylation is 1. The number of phenolic OH excluding ortho intramolecular Hbond substituents is 1. The molecule has 92 valence electrons. The molecule has 18 heavy (non-hydrogen) atoms. The second-order valence-electron chi connectivity index (χ2n) is 5.12. The zero-order valence-corrected chi connectivity index (χ0v) is 10.5. The quantitative estimate of drug-likeness (QED) is 0.743. The van der Waals surface area contributed by atoms with E-state index in [9.17, 15) is 5.11 Å². The molecule has 0 aromatic heterocycles. The van der Waals surface area contributed by atoms with E-state index in [0.717, 1.165) is 18.4 Å². The van der Waals surface area contributed by atoms with Crippen molar-refractivity contribution in [1.29, 1.82) is 0 Å². The minimum absolute atomic E-state index is 0.446. The normalized spacial score (nSPS) is 19.0. The zero-order chi connectivity index (χ0) is 12.4. The van der Waals surface area contributed by atoms with Gasteiger partial charge in [0.2, 0.25) is 0 Å². The van der Waals surface area contributed by atoms with Crippen LogP contribution in [0.15, 0.2) is 48.5 Å². The van der Waals surface area contributed by atoms with Gasteiger partial charge in [-0.15, -0.1) is 0 Å². The summed E-state index contributed by atoms with van der Waals surface area (Å²) >= 11 is 0. The first-order valence-corrected chi connectivity index (χ1v) is 6.69. The largest absolute Gasteiger partial charge is 0.508 e. The summed E-state index contributed by atoms with van der Waals surface area (Å²) in [5.41, 5.74) is 4.04. The highest BCUT2D eigenvalue weighted by atomic mass is 16.3. The zero-order valence-electron chi connectivity index (χ0n) is 10.5. The lowest BCUT2D eigenvalue weighted by molar-refractivity contribution is 0.456. The standard InChI is InChI=1S/C17H18O/c18-17-11-4-3-10-16(17)15-9-5-8-13-6-1-2-7-14(13)12-15/h1-4,6-7,10-11,15,18H,5,8-9,12H2. The summed E-state index contributed by atoms with van der Waals surface area (Å²) in [7, 11) is 0. The molecule has 0 spiro atoms. The molecule has 0 amide bonds. The van der Waals surface area contributed by atoms with Crippen molar-refractivity contribution in [1.82, 2.24) is 0 Å². The number of phenols is 1. The lowest BCUT2D eigenvalue weighted by Crippen LogP contribution is -2.02. The average molecular weight is 238 g/mol. The second kappa shape index (κ2) is 4.85. The summed E-state index contributed by atoms with van der Waals surface area (Å²) in [5.74, 6) is 0.900. The Kier molecular flexibility index (Phi) is 3.06. The average Bonchev–Trinajstić information content (AvgIpc) is 2.61. The van der Waals surface area contributed by atoms with Crippen molar-refractivity contribution in [3.8, 4) is 5.75 Å². The van der Waals surface area contributed by atoms with Crippen LogP contribution in [0.25, 0.3) is 0 Å². The maximum atomic E-state index is 10.0. The molecule has 1 N–H and O–H groups in total. The Bertz CT molecular complexity index is 545. The van der Waals surface area contributed by atoms with Gasteiger partial charge in [-0.2, -0.15) is 0 Å². The number of para-hydroxylation sites is 1. The molecular formula is C17H18O. The molecule has 0 fully saturated rings. The van der Waals surface area contributed by atoms with E-state index in [-0.39, 0.29) is 0 Å². The van der Waals surface area contributed by atoms with E-state index in [0.29, 0.717) is 11.7 Å². The fourth-order valence-electron chi connectivity index (χ4n) is 3.01. The topological polar surface area (TPSA) is 20.2 Å². The maximum Gasteiger partial charge on any atom is 0.119 e. The minimum atomic E-state index is 0.446. The van der Waals surface area contributed by atoms with Crippen LogP contribution >= 0.6 is 0 Å². The van der Waals surface area contributed by atoms with Gasteiger partial charge >= 0.3 is 0 Å². The van der Waals surface area contributed by atoms with Crippen molar-refractivity contribution in [2.24, 2.45) is 0 Å². The predicted octanol–water partition coefficient (Wildman–Crippen LogP) is 4.05. The summed E-state index contributed by atoms with van der Waals surface area (Å²) in [4.78, 5) is 0. The van der Waals surface area contributed by atoms with E-state index in [2.05, 4.69) is 30.3 Å². The van der Waals surface area contributed by atoms with Crippen LogP contribution in [-0.4, -0.2) is 5.11 Å². The molecule has 1 heteroatoms. The minimum Gasteiger partial charge on any atom is -0.508 e. The number of fused-ring (bicyclic) bond motifs is 1. The smallest absolute Gasteiger partial charge is 0.119 e. The molecule has 3 rings (SSSR count). The first-order chi connectivity index (χ1) is 8.84. The van der Waals surface area contributed by atoms with E-state index in [4.69, 9.17) is 0 Å². The Morgan fingerprint density at radius 3 is 2.44 bits per heavy atom. The molecule has 1 aliphatic rings. The van der Waals surface area contributed by atoms with Crippen molar-refractivity contribution >= 4 is 0 Å². The van der Waals surface area contributed by atoms with Gasteiger partial charge in [0.05, 0.1) is 0 Å². The number of rotatable bonds is 1. The van der Waals surface area contributed by atoms with Crippen molar-refractivity contribution < 1.29 is 5.11 Å². The molecule has 0 saturated heterocycles. The fraction of sp³-hybridized carbons (Fsp3) is 0.294. The van der Waals surface area contributed by atoms with E-state index in [1.165, 1.54) is 24.0 Å². The first-order valence-electron chi connectivity index (χ1n) is 6.69. The molecule has 0 heterocycles. The molecule has 2 aromatic rings. The lowest BCUT2D eigenvalue weighted by Gasteiger charge is -2.16. The summed E-state index contributed by atoms with van der Waals surface area (Å²) in [5, 5.41) is 10.0. The van der Waals surface area contributed by atoms with Crippen LogP contribution in [0.2, 0.25) is 0 Å². The highest BCUT2D eigenvalue weighted by molar-refractivity contribution is 5.38. The Balaban J connectivity index is 1.94. The highest BCUT2D eigenvalue weighted by Gasteiger charge is 2.19. The van der Waals surface area contributed by atoms with Gasteiger partial charge < -0.3 is 5.11 Å². The van der Waals surface area contributed by atoms with Gasteiger partial charge in [-0.25, -0.2) is 0 Å². The summed E-state index contributed by atoms with van der Waals surface area (Å²) in [6.45, 7) is 0. The summed E-state index contributed by atoms with van der Waals surface area (Å²) in [6, 6.07) is 16.5. The number of benzene rings is 2. The molecule has 2 aromatic carbocycles. The molecule has 1 aliphatic carbocycles. The SMILES string of the molecule is Oc1ccccc1C1CCCc2ccccc2C1. The monoisotopic (exact) mass is 238 g/mol. The first kappa shape index (κ1) is 11.3. The van der Waals surface area contributed by atoms with Gasteiger partial charge in [0.15, 0.2) is 0 Å². The summed E-state index contributed by atoms with van der Waals surface area (Å²) in [6.07, 6.45) is 4.58. The number of hydrogen-bond acceptors (Lipinski definition) is 1. The van der Waals surface area contributed by atoms with Crippen molar-refractivity contribution in [2.75, 3.05) is 0 Å². The number of hydrogen-bond donors (Lipinski definition) is 1. The Labute approximate surface area is 108 Å². The van der Waals surface area contributed by atoms with Crippen LogP contribution in [0, 0.1) is 0 Å². The van der Waals surface area contributed by atoms with E-state index >= 15 is 0 Å². The van der Waals surface area contributed by atoms with Crippen LogP contribution in [0.3, 0.4) is 0 Å². The molecular weight excluding hydrogens is 220 g/mol. The third-order valence-electron chi connectivity index (χ3n) is 3.96. The van der Waals surface area contributed by atoms with Crippen molar-refractivity contribution in [3.05, 3.63) is 65.2 Å². The lowest BCUT2D eigenvalue weighted by atomic mass is 9.89. The van der Waals surface area contributed by atoms with Gasteiger partial charge in [-0.1, -0.05) is 42.5 Å². The van der Waals surface area contributed by atoms with Crippen LogP contribution in [0.5, 0.6) is 5.75 Å². The Hall–Kier alpha value is -1.76. The molecule has 0 bridgehead atoms. The van der Waals surface area contributed by atoms with Crippen LogP contribution in [0.1, 0.15) is 35.4 Å². The maximum absolute atomic E-state index is 10.0. The van der Waals surface area contributed by atoms with E-state index in [1.54, 1.807) is 6.07 Å². The van der Waals surface area contributed by atoms with Gasteiger partial charge in [0, 0.05) is 0 Å².